The van der Waals surface area contributed by atoms with E-state index < -0.39 is 10.0 Å². The number of nitrogens with zero attached hydrogens (tertiary/aromatic N) is 3. The molecule has 0 radical (unpaired) electrons. The number of rotatable bonds is 6. The summed E-state index contributed by atoms with van der Waals surface area (Å²) in [5.74, 6) is 0.787. The molecule has 3 aromatic rings. The number of sulfonamides is 1. The molecule has 8 nitrogen and oxygen atoms in total. The van der Waals surface area contributed by atoms with Crippen molar-refractivity contribution in [1.29, 1.82) is 0 Å². The monoisotopic (exact) mass is 489 g/mol. The molecular formula is C23H24ClN3O5S. The summed E-state index contributed by atoms with van der Waals surface area (Å²) in [7, 11) is -3.61. The van der Waals surface area contributed by atoms with Crippen molar-refractivity contribution in [3.63, 3.8) is 0 Å². The lowest BCUT2D eigenvalue weighted by molar-refractivity contribution is 0.0685. The van der Waals surface area contributed by atoms with Crippen LogP contribution in [0, 0.1) is 13.8 Å². The van der Waals surface area contributed by atoms with Crippen LogP contribution in [0.4, 0.5) is 0 Å². The minimum atomic E-state index is -3.61. The molecule has 0 atom stereocenters. The summed E-state index contributed by atoms with van der Waals surface area (Å²) >= 11 is 5.90. The molecule has 2 aromatic carbocycles. The lowest BCUT2D eigenvalue weighted by Gasteiger charge is -2.33. The first kappa shape index (κ1) is 23.3. The van der Waals surface area contributed by atoms with Gasteiger partial charge in [0.05, 0.1) is 10.5 Å². The molecule has 1 aliphatic rings. The third kappa shape index (κ3) is 5.05. The van der Waals surface area contributed by atoms with Gasteiger partial charge in [0.1, 0.15) is 18.1 Å². The second-order valence-corrected chi connectivity index (χ2v) is 10.2. The van der Waals surface area contributed by atoms with Crippen molar-refractivity contribution in [3.8, 4) is 5.75 Å². The van der Waals surface area contributed by atoms with Crippen LogP contribution in [0.1, 0.15) is 27.4 Å². The van der Waals surface area contributed by atoms with E-state index in [0.29, 0.717) is 22.1 Å². The number of aromatic nitrogens is 1. The zero-order chi connectivity index (χ0) is 23.6. The fourth-order valence-electron chi connectivity index (χ4n) is 3.56. The number of hydrogen-bond donors (Lipinski definition) is 0. The van der Waals surface area contributed by atoms with Crippen LogP contribution in [-0.4, -0.2) is 54.9 Å². The van der Waals surface area contributed by atoms with Crippen LogP contribution in [-0.2, 0) is 16.6 Å². The number of halogens is 1. The molecule has 0 bridgehead atoms. The van der Waals surface area contributed by atoms with E-state index in [4.69, 9.17) is 20.9 Å². The Labute approximate surface area is 197 Å². The van der Waals surface area contributed by atoms with Gasteiger partial charge in [0.25, 0.3) is 5.91 Å². The second kappa shape index (κ2) is 9.54. The number of benzene rings is 2. The normalized spacial score (nSPS) is 14.9. The van der Waals surface area contributed by atoms with E-state index in [0.717, 1.165) is 5.56 Å². The summed E-state index contributed by atoms with van der Waals surface area (Å²) in [5, 5.41) is 4.54. The molecule has 0 N–H and O–H groups in total. The van der Waals surface area contributed by atoms with Gasteiger partial charge < -0.3 is 14.2 Å². The molecule has 33 heavy (non-hydrogen) atoms. The van der Waals surface area contributed by atoms with Gasteiger partial charge in [-0.3, -0.25) is 4.79 Å². The van der Waals surface area contributed by atoms with E-state index in [2.05, 4.69) is 5.16 Å². The molecule has 4 rings (SSSR count). The van der Waals surface area contributed by atoms with Crippen molar-refractivity contribution < 1.29 is 22.5 Å². The lowest BCUT2D eigenvalue weighted by Crippen LogP contribution is -2.50. The highest BCUT2D eigenvalue weighted by atomic mass is 35.5. The van der Waals surface area contributed by atoms with E-state index >= 15 is 0 Å². The lowest BCUT2D eigenvalue weighted by atomic mass is 10.1. The highest BCUT2D eigenvalue weighted by molar-refractivity contribution is 7.89. The molecule has 174 valence electrons. The molecule has 10 heteroatoms. The average Bonchev–Trinajstić information content (AvgIpc) is 3.19. The van der Waals surface area contributed by atoms with Gasteiger partial charge >= 0.3 is 0 Å². The SMILES string of the molecule is Cc1ccc(S(=O)(=O)N2CCN(C(=O)c3noc(C)c3COc3ccc(Cl)cc3)CC2)cc1. The predicted octanol–water partition coefficient (Wildman–Crippen LogP) is 3.67. The largest absolute Gasteiger partial charge is 0.489 e. The van der Waals surface area contributed by atoms with Gasteiger partial charge in [-0.05, 0) is 50.2 Å². The van der Waals surface area contributed by atoms with Crippen LogP contribution < -0.4 is 4.74 Å². The van der Waals surface area contributed by atoms with Gasteiger partial charge in [0.15, 0.2) is 5.69 Å². The number of aryl methyl sites for hydroxylation is 2. The molecule has 1 fully saturated rings. The number of ether oxygens (including phenoxy) is 1. The Balaban J connectivity index is 1.42. The Morgan fingerprint density at radius 1 is 1.03 bits per heavy atom. The van der Waals surface area contributed by atoms with E-state index in [1.807, 2.05) is 6.92 Å². The number of carbonyl (C=O) groups is 1. The van der Waals surface area contributed by atoms with Gasteiger partial charge in [-0.25, -0.2) is 8.42 Å². The minimum absolute atomic E-state index is 0.111. The smallest absolute Gasteiger partial charge is 0.276 e. The van der Waals surface area contributed by atoms with Crippen LogP contribution in [0.25, 0.3) is 0 Å². The van der Waals surface area contributed by atoms with Crippen molar-refractivity contribution in [3.05, 3.63) is 76.1 Å². The van der Waals surface area contributed by atoms with E-state index in [9.17, 15) is 13.2 Å². The average molecular weight is 490 g/mol. The molecule has 1 aliphatic heterocycles. The third-order valence-electron chi connectivity index (χ3n) is 5.57. The van der Waals surface area contributed by atoms with Gasteiger partial charge in [-0.15, -0.1) is 0 Å². The summed E-state index contributed by atoms with van der Waals surface area (Å²) < 4.78 is 38.2. The highest BCUT2D eigenvalue weighted by Gasteiger charge is 2.32. The highest BCUT2D eigenvalue weighted by Crippen LogP contribution is 2.23. The molecule has 0 aliphatic carbocycles. The van der Waals surface area contributed by atoms with Gasteiger partial charge in [0.2, 0.25) is 10.0 Å². The molecular weight excluding hydrogens is 466 g/mol. The molecule has 1 aromatic heterocycles. The molecule has 0 unspecified atom stereocenters. The number of hydrogen-bond acceptors (Lipinski definition) is 6. The summed E-state index contributed by atoms with van der Waals surface area (Å²) in [6, 6.07) is 13.7. The predicted molar refractivity (Wildman–Crippen MR) is 123 cm³/mol. The Kier molecular flexibility index (Phi) is 6.73. The second-order valence-electron chi connectivity index (χ2n) is 7.82. The zero-order valence-corrected chi connectivity index (χ0v) is 19.9. The van der Waals surface area contributed by atoms with Crippen molar-refractivity contribution in [2.45, 2.75) is 25.3 Å². The number of piperazine rings is 1. The fraction of sp³-hybridized carbons (Fsp3) is 0.304. The summed E-state index contributed by atoms with van der Waals surface area (Å²) in [6.45, 7) is 4.66. The van der Waals surface area contributed by atoms with Gasteiger partial charge in [-0.1, -0.05) is 34.5 Å². The van der Waals surface area contributed by atoms with Crippen molar-refractivity contribution in [2.24, 2.45) is 0 Å². The topological polar surface area (TPSA) is 93.0 Å². The Bertz CT molecular complexity index is 1230. The maximum atomic E-state index is 13.1. The van der Waals surface area contributed by atoms with Gasteiger partial charge in [0, 0.05) is 31.2 Å². The van der Waals surface area contributed by atoms with Crippen molar-refractivity contribution in [2.75, 3.05) is 26.2 Å². The molecule has 1 saturated heterocycles. The summed E-state index contributed by atoms with van der Waals surface area (Å²) in [5.41, 5.74) is 1.73. The first-order chi connectivity index (χ1) is 15.8. The summed E-state index contributed by atoms with van der Waals surface area (Å²) in [6.07, 6.45) is 0. The molecule has 1 amide bonds. The molecule has 2 heterocycles. The number of amides is 1. The maximum Gasteiger partial charge on any atom is 0.276 e. The van der Waals surface area contributed by atoms with E-state index in [1.54, 1.807) is 60.4 Å². The summed E-state index contributed by atoms with van der Waals surface area (Å²) in [4.78, 5) is 15.0. The molecule has 0 saturated carbocycles. The van der Waals surface area contributed by atoms with E-state index in [-0.39, 0.29) is 49.3 Å². The Morgan fingerprint density at radius 3 is 2.30 bits per heavy atom. The fourth-order valence-corrected chi connectivity index (χ4v) is 5.10. The third-order valence-corrected chi connectivity index (χ3v) is 7.73. The van der Waals surface area contributed by atoms with Gasteiger partial charge in [-0.2, -0.15) is 4.31 Å². The minimum Gasteiger partial charge on any atom is -0.489 e. The standard InChI is InChI=1S/C23H24ClN3O5S/c1-16-3-9-20(10-4-16)33(29,30)27-13-11-26(12-14-27)23(28)22-21(17(2)32-25-22)15-31-19-7-5-18(24)6-8-19/h3-10H,11-15H2,1-2H3. The van der Waals surface area contributed by atoms with Crippen LogP contribution >= 0.6 is 11.6 Å². The molecule has 0 spiro atoms. The van der Waals surface area contributed by atoms with E-state index in [1.165, 1.54) is 4.31 Å². The Hall–Kier alpha value is -2.88. The van der Waals surface area contributed by atoms with Crippen LogP contribution in [0.2, 0.25) is 5.02 Å². The van der Waals surface area contributed by atoms with Crippen LogP contribution in [0.3, 0.4) is 0 Å². The first-order valence-electron chi connectivity index (χ1n) is 10.5. The number of carbonyl (C=O) groups excluding carboxylic acids is 1. The van der Waals surface area contributed by atoms with Crippen molar-refractivity contribution in [1.82, 2.24) is 14.4 Å². The quantitative estimate of drug-likeness (QED) is 0.524. The van der Waals surface area contributed by atoms with Crippen LogP contribution in [0.15, 0.2) is 57.9 Å². The zero-order valence-electron chi connectivity index (χ0n) is 18.3. The van der Waals surface area contributed by atoms with Crippen LogP contribution in [0.5, 0.6) is 5.75 Å². The van der Waals surface area contributed by atoms with Crippen molar-refractivity contribution >= 4 is 27.5 Å². The Morgan fingerprint density at radius 2 is 1.67 bits per heavy atom. The maximum absolute atomic E-state index is 13.1. The first-order valence-corrected chi connectivity index (χ1v) is 12.3.